The van der Waals surface area contributed by atoms with Crippen LogP contribution in [-0.2, 0) is 11.8 Å². The molecule has 4 atom stereocenters. The zero-order valence-electron chi connectivity index (χ0n) is 22.2. The van der Waals surface area contributed by atoms with Crippen LogP contribution in [-0.4, -0.2) is 72.7 Å². The van der Waals surface area contributed by atoms with Crippen LogP contribution in [0, 0.1) is 0 Å². The Hall–Kier alpha value is -3.34. The molecule has 38 heavy (non-hydrogen) atoms. The van der Waals surface area contributed by atoms with Crippen LogP contribution in [0.4, 0.5) is 5.69 Å². The number of ether oxygens (including phenoxy) is 1. The van der Waals surface area contributed by atoms with Crippen LogP contribution < -0.4 is 10.5 Å². The fourth-order valence-corrected chi connectivity index (χ4v) is 5.98. The molecular weight excluding hydrogens is 482 g/mol. The van der Waals surface area contributed by atoms with Gasteiger partial charge in [-0.05, 0) is 50.8 Å². The Labute approximate surface area is 221 Å². The molecule has 0 saturated carbocycles. The van der Waals surface area contributed by atoms with Gasteiger partial charge < -0.3 is 19.3 Å². The Morgan fingerprint density at radius 2 is 1.95 bits per heavy atom. The van der Waals surface area contributed by atoms with Crippen molar-refractivity contribution in [2.24, 2.45) is 7.05 Å². The molecular formula is C28H35N7O3. The van der Waals surface area contributed by atoms with E-state index in [-0.39, 0.29) is 36.5 Å². The van der Waals surface area contributed by atoms with Gasteiger partial charge in [0.2, 0.25) is 0 Å². The van der Waals surface area contributed by atoms with Crippen molar-refractivity contribution in [3.63, 3.8) is 0 Å². The molecule has 6 rings (SSSR count). The lowest BCUT2D eigenvalue weighted by Gasteiger charge is -2.48. The Balaban J connectivity index is 1.32. The summed E-state index contributed by atoms with van der Waals surface area (Å²) < 4.78 is 9.50. The SMILES string of the molecule is CC(c1ccc2nccnc2c1)N1C[C@H](C)N(c2cc(=O)n(C)c3cn(C4CCCCO4)nc23)C[C@H]1CO. The van der Waals surface area contributed by atoms with E-state index in [9.17, 15) is 9.90 Å². The van der Waals surface area contributed by atoms with Crippen LogP contribution in [0.2, 0.25) is 0 Å². The number of fused-ring (bicyclic) bond motifs is 2. The largest absolute Gasteiger partial charge is 0.395 e. The summed E-state index contributed by atoms with van der Waals surface area (Å²) in [5, 5.41) is 15.4. The Morgan fingerprint density at radius 3 is 2.71 bits per heavy atom. The maximum absolute atomic E-state index is 13.0. The highest BCUT2D eigenvalue weighted by atomic mass is 16.5. The molecule has 2 fully saturated rings. The number of benzene rings is 1. The second-order valence-corrected chi connectivity index (χ2v) is 10.6. The van der Waals surface area contributed by atoms with Crippen molar-refractivity contribution < 1.29 is 9.84 Å². The van der Waals surface area contributed by atoms with Gasteiger partial charge in [-0.1, -0.05) is 6.07 Å². The predicted octanol–water partition coefficient (Wildman–Crippen LogP) is 3.01. The van der Waals surface area contributed by atoms with Crippen LogP contribution in [0.1, 0.15) is 50.9 Å². The standard InChI is InChI=1S/C28H35N7O3/c1-18-14-34(19(2)20-7-8-22-23(12-20)30-10-9-29-22)21(17-36)15-33(18)24-13-26(37)32(3)25-16-35(31-28(24)25)27-6-4-5-11-38-27/h7-10,12-13,16,18-19,21,27,36H,4-6,11,14-15,17H2,1-3H3/t18-,19?,21-,27?/m0/s1. The van der Waals surface area contributed by atoms with Gasteiger partial charge in [0.1, 0.15) is 11.7 Å². The van der Waals surface area contributed by atoms with Gasteiger partial charge in [-0.15, -0.1) is 0 Å². The lowest BCUT2D eigenvalue weighted by atomic mass is 9.99. The number of nitrogens with zero attached hydrogens (tertiary/aromatic N) is 7. The van der Waals surface area contributed by atoms with Gasteiger partial charge in [0.25, 0.3) is 5.56 Å². The van der Waals surface area contributed by atoms with E-state index in [0.717, 1.165) is 65.7 Å². The molecule has 10 nitrogen and oxygen atoms in total. The summed E-state index contributed by atoms with van der Waals surface area (Å²) in [6.07, 6.45) is 8.32. The van der Waals surface area contributed by atoms with Gasteiger partial charge >= 0.3 is 0 Å². The zero-order chi connectivity index (χ0) is 26.4. The number of hydrogen-bond acceptors (Lipinski definition) is 8. The van der Waals surface area contributed by atoms with Crippen molar-refractivity contribution in [3.8, 4) is 0 Å². The fourth-order valence-electron chi connectivity index (χ4n) is 5.98. The summed E-state index contributed by atoms with van der Waals surface area (Å²) in [4.78, 5) is 26.4. The summed E-state index contributed by atoms with van der Waals surface area (Å²) in [6, 6.07) is 7.95. The molecule has 4 aromatic rings. The summed E-state index contributed by atoms with van der Waals surface area (Å²) >= 11 is 0. The zero-order valence-corrected chi connectivity index (χ0v) is 22.2. The first-order valence-corrected chi connectivity index (χ1v) is 13.5. The van der Waals surface area contributed by atoms with E-state index >= 15 is 0 Å². The van der Waals surface area contributed by atoms with Crippen molar-refractivity contribution in [1.29, 1.82) is 0 Å². The van der Waals surface area contributed by atoms with Gasteiger partial charge in [-0.2, -0.15) is 5.10 Å². The van der Waals surface area contributed by atoms with Crippen molar-refractivity contribution in [2.75, 3.05) is 31.2 Å². The van der Waals surface area contributed by atoms with Gasteiger partial charge in [0.05, 0.1) is 41.1 Å². The average molecular weight is 518 g/mol. The van der Waals surface area contributed by atoms with E-state index in [1.165, 1.54) is 0 Å². The van der Waals surface area contributed by atoms with Crippen molar-refractivity contribution in [3.05, 3.63) is 58.8 Å². The first kappa shape index (κ1) is 25.0. The second-order valence-electron chi connectivity index (χ2n) is 10.6. The maximum atomic E-state index is 13.0. The predicted molar refractivity (Wildman–Crippen MR) is 146 cm³/mol. The highest BCUT2D eigenvalue weighted by molar-refractivity contribution is 5.88. The number of pyridine rings is 1. The number of piperazine rings is 1. The van der Waals surface area contributed by atoms with Gasteiger partial charge in [-0.25, -0.2) is 4.68 Å². The molecule has 3 aromatic heterocycles. The van der Waals surface area contributed by atoms with E-state index in [1.807, 2.05) is 16.9 Å². The highest BCUT2D eigenvalue weighted by Gasteiger charge is 2.36. The quantitative estimate of drug-likeness (QED) is 0.431. The Kier molecular flexibility index (Phi) is 6.63. The molecule has 1 aromatic carbocycles. The van der Waals surface area contributed by atoms with Crippen LogP contribution in [0.3, 0.4) is 0 Å². The van der Waals surface area contributed by atoms with Crippen molar-refractivity contribution in [2.45, 2.75) is 57.5 Å². The topological polar surface area (TPSA) is 102 Å². The van der Waals surface area contributed by atoms with E-state index in [4.69, 9.17) is 9.84 Å². The molecule has 200 valence electrons. The Bertz CT molecular complexity index is 1510. The van der Waals surface area contributed by atoms with Gasteiger partial charge in [0.15, 0.2) is 0 Å². The van der Waals surface area contributed by atoms with E-state index in [0.29, 0.717) is 6.54 Å². The van der Waals surface area contributed by atoms with Crippen LogP contribution in [0.25, 0.3) is 22.1 Å². The fraction of sp³-hybridized carbons (Fsp3) is 0.500. The molecule has 2 unspecified atom stereocenters. The summed E-state index contributed by atoms with van der Waals surface area (Å²) in [6.45, 7) is 6.40. The van der Waals surface area contributed by atoms with Crippen molar-refractivity contribution >= 4 is 27.8 Å². The normalized spacial score (nSPS) is 23.8. The molecule has 2 aliphatic rings. The van der Waals surface area contributed by atoms with Crippen LogP contribution in [0.15, 0.2) is 47.7 Å². The minimum absolute atomic E-state index is 0.0132. The van der Waals surface area contributed by atoms with E-state index in [1.54, 1.807) is 30.1 Å². The second kappa shape index (κ2) is 10.1. The lowest BCUT2D eigenvalue weighted by Crippen LogP contribution is -2.59. The molecule has 0 radical (unpaired) electrons. The van der Waals surface area contributed by atoms with Crippen LogP contribution in [0.5, 0.6) is 0 Å². The van der Waals surface area contributed by atoms with E-state index in [2.05, 4.69) is 45.7 Å². The summed E-state index contributed by atoms with van der Waals surface area (Å²) in [5.74, 6) is 0. The maximum Gasteiger partial charge on any atom is 0.252 e. The molecule has 1 N–H and O–H groups in total. The third-order valence-electron chi connectivity index (χ3n) is 8.24. The number of rotatable bonds is 5. The van der Waals surface area contributed by atoms with Crippen LogP contribution >= 0.6 is 0 Å². The Morgan fingerprint density at radius 1 is 1.13 bits per heavy atom. The number of hydrogen-bond donors (Lipinski definition) is 1. The molecule has 10 heteroatoms. The minimum atomic E-state index is -0.110. The molecule has 2 saturated heterocycles. The lowest BCUT2D eigenvalue weighted by molar-refractivity contribution is -0.0390. The number of aliphatic hydroxyl groups is 1. The average Bonchev–Trinajstić information content (AvgIpc) is 3.41. The van der Waals surface area contributed by atoms with E-state index < -0.39 is 0 Å². The minimum Gasteiger partial charge on any atom is -0.395 e. The number of aliphatic hydroxyl groups excluding tert-OH is 1. The smallest absolute Gasteiger partial charge is 0.252 e. The molecule has 5 heterocycles. The molecule has 0 amide bonds. The van der Waals surface area contributed by atoms with Crippen molar-refractivity contribution in [1.82, 2.24) is 29.2 Å². The third-order valence-corrected chi connectivity index (χ3v) is 8.24. The molecule has 0 spiro atoms. The molecule has 0 bridgehead atoms. The summed E-state index contributed by atoms with van der Waals surface area (Å²) in [5.41, 5.74) is 5.20. The van der Waals surface area contributed by atoms with Gasteiger partial charge in [0, 0.05) is 57.3 Å². The molecule has 2 aliphatic heterocycles. The first-order chi connectivity index (χ1) is 18.4. The number of aryl methyl sites for hydroxylation is 1. The summed E-state index contributed by atoms with van der Waals surface area (Å²) in [7, 11) is 1.79. The van der Waals surface area contributed by atoms with Gasteiger partial charge in [-0.3, -0.25) is 19.7 Å². The third kappa shape index (κ3) is 4.36. The highest BCUT2D eigenvalue weighted by Crippen LogP contribution is 2.34. The first-order valence-electron chi connectivity index (χ1n) is 13.5. The monoisotopic (exact) mass is 517 g/mol. The molecule has 0 aliphatic carbocycles. The number of anilines is 1. The number of aromatic nitrogens is 5.